The molecular weight excluding hydrogens is 374 g/mol. The second kappa shape index (κ2) is 8.56. The number of hydrogen-bond acceptors (Lipinski definition) is 4. The molecule has 2 aromatic carbocycles. The number of nitrogens with one attached hydrogen (secondary N) is 1. The lowest BCUT2D eigenvalue weighted by Gasteiger charge is -2.12. The first-order valence-electron chi connectivity index (χ1n) is 8.31. The monoisotopic (exact) mass is 395 g/mol. The Morgan fingerprint density at radius 3 is 2.38 bits per heavy atom. The van der Waals surface area contributed by atoms with Crippen LogP contribution in [0.5, 0.6) is 0 Å². The van der Waals surface area contributed by atoms with Crippen molar-refractivity contribution in [3.8, 4) is 0 Å². The van der Waals surface area contributed by atoms with Crippen molar-refractivity contribution in [2.45, 2.75) is 38.5 Å². The van der Waals surface area contributed by atoms with E-state index in [0.717, 1.165) is 12.8 Å². The number of hydrogen-bond donors (Lipinski definition) is 1. The largest absolute Gasteiger partial charge is 0.462 e. The summed E-state index contributed by atoms with van der Waals surface area (Å²) in [6, 6.07) is 9.30. The molecule has 2 rings (SSSR count). The zero-order valence-electron chi connectivity index (χ0n) is 15.0. The van der Waals surface area contributed by atoms with Crippen LogP contribution in [0, 0.1) is 13.8 Å². The molecule has 0 fully saturated rings. The Balaban J connectivity index is 2.15. The molecule has 0 saturated heterocycles. The number of halogens is 1. The Bertz CT molecular complexity index is 893. The highest BCUT2D eigenvalue weighted by molar-refractivity contribution is 7.92. The van der Waals surface area contributed by atoms with Gasteiger partial charge in [0.15, 0.2) is 0 Å². The maximum absolute atomic E-state index is 12.6. The fourth-order valence-corrected chi connectivity index (χ4v) is 3.91. The number of esters is 1. The Morgan fingerprint density at radius 1 is 1.12 bits per heavy atom. The lowest BCUT2D eigenvalue weighted by atomic mass is 10.2. The third-order valence-electron chi connectivity index (χ3n) is 3.85. The molecule has 0 heterocycles. The quantitative estimate of drug-likeness (QED) is 0.544. The molecular formula is C19H22ClNO4S. The van der Waals surface area contributed by atoms with Gasteiger partial charge in [-0.15, -0.1) is 0 Å². The number of aryl methyl sites for hydroxylation is 2. The van der Waals surface area contributed by atoms with Gasteiger partial charge in [-0.25, -0.2) is 13.2 Å². The van der Waals surface area contributed by atoms with E-state index in [1.54, 1.807) is 26.0 Å². The van der Waals surface area contributed by atoms with Gasteiger partial charge in [-0.3, -0.25) is 4.72 Å². The summed E-state index contributed by atoms with van der Waals surface area (Å²) in [6.45, 7) is 5.83. The van der Waals surface area contributed by atoms with E-state index in [-0.39, 0.29) is 4.90 Å². The van der Waals surface area contributed by atoms with E-state index in [2.05, 4.69) is 4.72 Å². The maximum Gasteiger partial charge on any atom is 0.338 e. The molecule has 2 aromatic rings. The van der Waals surface area contributed by atoms with Crippen molar-refractivity contribution in [2.24, 2.45) is 0 Å². The van der Waals surface area contributed by atoms with Crippen LogP contribution in [0.1, 0.15) is 41.3 Å². The van der Waals surface area contributed by atoms with Crippen LogP contribution < -0.4 is 4.72 Å². The Hall–Kier alpha value is -2.05. The van der Waals surface area contributed by atoms with E-state index in [1.165, 1.54) is 24.3 Å². The average molecular weight is 396 g/mol. The van der Waals surface area contributed by atoms with Gasteiger partial charge in [0.05, 0.1) is 17.1 Å². The third-order valence-corrected chi connectivity index (χ3v) is 5.78. The number of carbonyl (C=O) groups excluding carboxylic acids is 1. The van der Waals surface area contributed by atoms with Gasteiger partial charge in [0, 0.05) is 10.7 Å². The van der Waals surface area contributed by atoms with E-state index < -0.39 is 16.0 Å². The standard InChI is InChI=1S/C19H22ClNO4S/c1-4-5-10-25-19(22)15-6-8-16(9-7-15)21-26(23,24)18-12-13(2)17(20)11-14(18)3/h6-9,11-12,21H,4-5,10H2,1-3H3. The van der Waals surface area contributed by atoms with Gasteiger partial charge in [0.25, 0.3) is 10.0 Å². The van der Waals surface area contributed by atoms with Crippen molar-refractivity contribution >= 4 is 33.3 Å². The topological polar surface area (TPSA) is 72.5 Å². The fourth-order valence-electron chi connectivity index (χ4n) is 2.32. The molecule has 7 heteroatoms. The minimum Gasteiger partial charge on any atom is -0.462 e. The third kappa shape index (κ3) is 4.99. The summed E-state index contributed by atoms with van der Waals surface area (Å²) < 4.78 is 32.9. The molecule has 0 aliphatic carbocycles. The number of unbranched alkanes of at least 4 members (excludes halogenated alkanes) is 1. The highest BCUT2D eigenvalue weighted by Crippen LogP contribution is 2.25. The van der Waals surface area contributed by atoms with Gasteiger partial charge in [-0.1, -0.05) is 24.9 Å². The molecule has 0 aromatic heterocycles. The molecule has 0 aliphatic heterocycles. The van der Waals surface area contributed by atoms with Gasteiger partial charge >= 0.3 is 5.97 Å². The van der Waals surface area contributed by atoms with Crippen LogP contribution in [0.25, 0.3) is 0 Å². The summed E-state index contributed by atoms with van der Waals surface area (Å²) in [5.74, 6) is -0.419. The highest BCUT2D eigenvalue weighted by Gasteiger charge is 2.18. The predicted molar refractivity (Wildman–Crippen MR) is 103 cm³/mol. The van der Waals surface area contributed by atoms with Crippen molar-refractivity contribution in [3.05, 3.63) is 58.1 Å². The number of benzene rings is 2. The molecule has 140 valence electrons. The SMILES string of the molecule is CCCCOC(=O)c1ccc(NS(=O)(=O)c2cc(C)c(Cl)cc2C)cc1. The van der Waals surface area contributed by atoms with E-state index in [4.69, 9.17) is 16.3 Å². The minimum absolute atomic E-state index is 0.169. The smallest absolute Gasteiger partial charge is 0.338 e. The summed E-state index contributed by atoms with van der Waals surface area (Å²) >= 11 is 6.03. The molecule has 26 heavy (non-hydrogen) atoms. The zero-order chi connectivity index (χ0) is 19.3. The minimum atomic E-state index is -3.76. The summed E-state index contributed by atoms with van der Waals surface area (Å²) in [5, 5.41) is 0.521. The molecule has 0 unspecified atom stereocenters. The van der Waals surface area contributed by atoms with Crippen molar-refractivity contribution in [2.75, 3.05) is 11.3 Å². The summed E-state index contributed by atoms with van der Waals surface area (Å²) in [6.07, 6.45) is 1.75. The lowest BCUT2D eigenvalue weighted by Crippen LogP contribution is -2.15. The normalized spacial score (nSPS) is 11.2. The van der Waals surface area contributed by atoms with Crippen LogP contribution >= 0.6 is 11.6 Å². The number of ether oxygens (including phenoxy) is 1. The van der Waals surface area contributed by atoms with E-state index in [0.29, 0.717) is 34.0 Å². The van der Waals surface area contributed by atoms with Crippen molar-refractivity contribution in [1.29, 1.82) is 0 Å². The lowest BCUT2D eigenvalue weighted by molar-refractivity contribution is 0.0500. The molecule has 0 atom stereocenters. The molecule has 1 N–H and O–H groups in total. The fraction of sp³-hybridized carbons (Fsp3) is 0.316. The molecule has 0 aliphatic rings. The van der Waals surface area contributed by atoms with Gasteiger partial charge in [-0.2, -0.15) is 0 Å². The summed E-state index contributed by atoms with van der Waals surface area (Å²) in [5.41, 5.74) is 1.98. The zero-order valence-corrected chi connectivity index (χ0v) is 16.6. The second-order valence-electron chi connectivity index (χ2n) is 6.04. The summed E-state index contributed by atoms with van der Waals surface area (Å²) in [7, 11) is -3.76. The molecule has 0 saturated carbocycles. The van der Waals surface area contributed by atoms with Crippen LogP contribution in [0.4, 0.5) is 5.69 Å². The van der Waals surface area contributed by atoms with Crippen LogP contribution in [-0.4, -0.2) is 21.0 Å². The number of anilines is 1. The summed E-state index contributed by atoms with van der Waals surface area (Å²) in [4.78, 5) is 12.0. The molecule has 0 amide bonds. The Morgan fingerprint density at radius 2 is 1.77 bits per heavy atom. The first kappa shape index (κ1) is 20.3. The van der Waals surface area contributed by atoms with Crippen LogP contribution in [0.3, 0.4) is 0 Å². The molecule has 5 nitrogen and oxygen atoms in total. The van der Waals surface area contributed by atoms with E-state index in [1.807, 2.05) is 6.92 Å². The van der Waals surface area contributed by atoms with Gasteiger partial charge < -0.3 is 4.74 Å². The van der Waals surface area contributed by atoms with Gasteiger partial charge in [0.2, 0.25) is 0 Å². The van der Waals surface area contributed by atoms with Crippen LogP contribution in [0.15, 0.2) is 41.3 Å². The number of rotatable bonds is 7. The predicted octanol–water partition coefficient (Wildman–Crippen LogP) is 4.71. The van der Waals surface area contributed by atoms with Crippen LogP contribution in [0.2, 0.25) is 5.02 Å². The average Bonchev–Trinajstić information content (AvgIpc) is 2.58. The second-order valence-corrected chi connectivity index (χ2v) is 8.10. The van der Waals surface area contributed by atoms with Crippen LogP contribution in [-0.2, 0) is 14.8 Å². The van der Waals surface area contributed by atoms with Gasteiger partial charge in [-0.05, 0) is 67.8 Å². The molecule has 0 bridgehead atoms. The van der Waals surface area contributed by atoms with Crippen molar-refractivity contribution in [3.63, 3.8) is 0 Å². The molecule has 0 spiro atoms. The van der Waals surface area contributed by atoms with Gasteiger partial charge in [0.1, 0.15) is 0 Å². The molecule has 0 radical (unpaired) electrons. The van der Waals surface area contributed by atoms with E-state index >= 15 is 0 Å². The first-order valence-corrected chi connectivity index (χ1v) is 10.2. The van der Waals surface area contributed by atoms with Crippen molar-refractivity contribution < 1.29 is 17.9 Å². The first-order chi connectivity index (χ1) is 12.2. The highest BCUT2D eigenvalue weighted by atomic mass is 35.5. The number of carbonyl (C=O) groups is 1. The Labute approximate surface area is 159 Å². The van der Waals surface area contributed by atoms with Crippen molar-refractivity contribution in [1.82, 2.24) is 0 Å². The number of sulfonamides is 1. The Kier molecular flexibility index (Phi) is 6.67. The van der Waals surface area contributed by atoms with E-state index in [9.17, 15) is 13.2 Å². The maximum atomic E-state index is 12.6.